The van der Waals surface area contributed by atoms with Gasteiger partial charge in [-0.3, -0.25) is 4.79 Å². The van der Waals surface area contributed by atoms with Gasteiger partial charge < -0.3 is 33.6 Å². The van der Waals surface area contributed by atoms with E-state index in [1.165, 1.54) is 14.2 Å². The SMILES string of the molecule is COc1cc(C(=O)CC2c3c(cc4c(c3CO)OCO4)CC[N+]2(C)C)cc(CO)c1OC. The summed E-state index contributed by atoms with van der Waals surface area (Å²) in [6, 6.07) is 5.11. The zero-order chi connectivity index (χ0) is 23.0. The third-order valence-electron chi connectivity index (χ3n) is 6.61. The molecule has 0 saturated carbocycles. The average Bonchev–Trinajstić information content (AvgIpc) is 3.26. The van der Waals surface area contributed by atoms with Gasteiger partial charge in [-0.1, -0.05) is 0 Å². The minimum atomic E-state index is -0.271. The van der Waals surface area contributed by atoms with Crippen LogP contribution in [0.1, 0.15) is 45.1 Å². The van der Waals surface area contributed by atoms with E-state index in [1.807, 2.05) is 6.07 Å². The Morgan fingerprint density at radius 2 is 1.91 bits per heavy atom. The lowest BCUT2D eigenvalue weighted by Gasteiger charge is -2.43. The lowest BCUT2D eigenvalue weighted by molar-refractivity contribution is -0.922. The number of nitrogens with zero attached hydrogens (tertiary/aromatic N) is 1. The number of ketones is 1. The molecule has 4 rings (SSSR count). The number of hydrogen-bond acceptors (Lipinski definition) is 7. The third kappa shape index (κ3) is 3.68. The second-order valence-corrected chi connectivity index (χ2v) is 8.74. The van der Waals surface area contributed by atoms with Crippen LogP contribution in [-0.2, 0) is 19.6 Å². The van der Waals surface area contributed by atoms with Crippen LogP contribution in [0, 0.1) is 0 Å². The summed E-state index contributed by atoms with van der Waals surface area (Å²) in [7, 11) is 7.19. The molecule has 2 aromatic carbocycles. The number of carbonyl (C=O) groups excluding carboxylic acids is 1. The highest BCUT2D eigenvalue weighted by atomic mass is 16.7. The zero-order valence-corrected chi connectivity index (χ0v) is 18.9. The van der Waals surface area contributed by atoms with Crippen molar-refractivity contribution in [2.75, 3.05) is 41.7 Å². The molecule has 0 saturated heterocycles. The van der Waals surface area contributed by atoms with Crippen LogP contribution in [0.3, 0.4) is 0 Å². The number of quaternary nitrogens is 1. The lowest BCUT2D eigenvalue weighted by atomic mass is 9.83. The maximum absolute atomic E-state index is 13.5. The van der Waals surface area contributed by atoms with Gasteiger partial charge in [0, 0.05) is 28.7 Å². The molecule has 8 nitrogen and oxygen atoms in total. The van der Waals surface area contributed by atoms with E-state index in [9.17, 15) is 15.0 Å². The highest BCUT2D eigenvalue weighted by Gasteiger charge is 2.41. The molecule has 2 heterocycles. The molecule has 0 fully saturated rings. The predicted octanol–water partition coefficient (Wildman–Crippen LogP) is 2.36. The number of aliphatic hydroxyl groups is 2. The molecule has 2 N–H and O–H groups in total. The molecule has 1 unspecified atom stereocenters. The molecule has 0 radical (unpaired) electrons. The van der Waals surface area contributed by atoms with Gasteiger partial charge in [0.05, 0.1) is 54.5 Å². The molecule has 1 atom stereocenters. The molecule has 172 valence electrons. The highest BCUT2D eigenvalue weighted by molar-refractivity contribution is 5.97. The normalized spacial score (nSPS) is 18.2. The lowest BCUT2D eigenvalue weighted by Crippen LogP contribution is -2.49. The van der Waals surface area contributed by atoms with Crippen LogP contribution in [-0.4, -0.2) is 62.1 Å². The van der Waals surface area contributed by atoms with Crippen LogP contribution >= 0.6 is 0 Å². The fraction of sp³-hybridized carbons (Fsp3) is 0.458. The first kappa shape index (κ1) is 22.4. The summed E-state index contributed by atoms with van der Waals surface area (Å²) in [5, 5.41) is 20.0. The third-order valence-corrected chi connectivity index (χ3v) is 6.61. The van der Waals surface area contributed by atoms with Crippen molar-refractivity contribution in [3.8, 4) is 23.0 Å². The number of Topliss-reactive ketones (excluding diaryl/α,β-unsaturated/α-hetero) is 1. The monoisotopic (exact) mass is 444 g/mol. The van der Waals surface area contributed by atoms with E-state index in [4.69, 9.17) is 18.9 Å². The largest absolute Gasteiger partial charge is 0.493 e. The standard InChI is InChI=1S/C24H30NO7/c1-25(2)6-5-14-8-21-24(32-13-31-21)17(12-27)22(14)18(25)10-19(28)15-7-16(11-26)23(30-4)20(9-15)29-3/h7-9,18,26-27H,5-6,10-13H2,1-4H3/q+1. The van der Waals surface area contributed by atoms with Crippen LogP contribution in [0.25, 0.3) is 0 Å². The van der Waals surface area contributed by atoms with Gasteiger partial charge in [0.1, 0.15) is 6.04 Å². The van der Waals surface area contributed by atoms with Crippen molar-refractivity contribution in [2.24, 2.45) is 0 Å². The van der Waals surface area contributed by atoms with E-state index in [-0.39, 0.29) is 38.3 Å². The van der Waals surface area contributed by atoms with Crippen LogP contribution in [0.15, 0.2) is 18.2 Å². The molecule has 0 spiro atoms. The summed E-state index contributed by atoms with van der Waals surface area (Å²) < 4.78 is 22.5. The van der Waals surface area contributed by atoms with E-state index in [2.05, 4.69) is 14.1 Å². The van der Waals surface area contributed by atoms with E-state index < -0.39 is 0 Å². The molecule has 2 aromatic rings. The second-order valence-electron chi connectivity index (χ2n) is 8.74. The first-order valence-corrected chi connectivity index (χ1v) is 10.6. The number of hydrogen-bond donors (Lipinski definition) is 2. The maximum Gasteiger partial charge on any atom is 0.231 e. The van der Waals surface area contributed by atoms with Crippen molar-refractivity contribution in [1.29, 1.82) is 0 Å². The Kier molecular flexibility index (Phi) is 6.03. The van der Waals surface area contributed by atoms with E-state index >= 15 is 0 Å². The Morgan fingerprint density at radius 3 is 2.56 bits per heavy atom. The number of rotatable bonds is 7. The zero-order valence-electron chi connectivity index (χ0n) is 18.9. The minimum absolute atomic E-state index is 0.0775. The first-order valence-electron chi connectivity index (χ1n) is 10.6. The van der Waals surface area contributed by atoms with Gasteiger partial charge in [0.2, 0.25) is 6.79 Å². The fourth-order valence-electron chi connectivity index (χ4n) is 4.84. The van der Waals surface area contributed by atoms with Gasteiger partial charge in [-0.05, 0) is 23.8 Å². The topological polar surface area (TPSA) is 94.5 Å². The Hall–Kier alpha value is -2.81. The van der Waals surface area contributed by atoms with Crippen molar-refractivity contribution in [2.45, 2.75) is 32.1 Å². The summed E-state index contributed by atoms with van der Waals surface area (Å²) in [5.41, 5.74) is 3.68. The molecule has 32 heavy (non-hydrogen) atoms. The molecule has 0 aliphatic carbocycles. The van der Waals surface area contributed by atoms with Crippen LogP contribution in [0.4, 0.5) is 0 Å². The highest BCUT2D eigenvalue weighted by Crippen LogP contribution is 2.47. The Balaban J connectivity index is 1.76. The van der Waals surface area contributed by atoms with Crippen LogP contribution in [0.2, 0.25) is 0 Å². The number of likely N-dealkylation sites (N-methyl/N-ethyl adjacent to an activating group) is 1. The van der Waals surface area contributed by atoms with Gasteiger partial charge >= 0.3 is 0 Å². The number of fused-ring (bicyclic) bond motifs is 2. The van der Waals surface area contributed by atoms with E-state index in [0.29, 0.717) is 44.2 Å². The smallest absolute Gasteiger partial charge is 0.231 e. The second kappa shape index (κ2) is 8.61. The fourth-order valence-corrected chi connectivity index (χ4v) is 4.84. The molecule has 0 aromatic heterocycles. The van der Waals surface area contributed by atoms with Crippen molar-refractivity contribution in [3.05, 3.63) is 46.0 Å². The quantitative estimate of drug-likeness (QED) is 0.500. The minimum Gasteiger partial charge on any atom is -0.493 e. The first-order chi connectivity index (χ1) is 15.3. The maximum atomic E-state index is 13.5. The molecule has 0 amide bonds. The van der Waals surface area contributed by atoms with Crippen molar-refractivity contribution in [1.82, 2.24) is 0 Å². The molecular formula is C24H30NO7+. The Morgan fingerprint density at radius 1 is 1.12 bits per heavy atom. The Bertz CT molecular complexity index is 1020. The van der Waals surface area contributed by atoms with Crippen LogP contribution in [0.5, 0.6) is 23.0 Å². The number of methoxy groups -OCH3 is 2. The summed E-state index contributed by atoms with van der Waals surface area (Å²) >= 11 is 0. The van der Waals surface area contributed by atoms with Gasteiger partial charge in [0.15, 0.2) is 28.8 Å². The number of aliphatic hydroxyl groups excluding tert-OH is 2. The predicted molar refractivity (Wildman–Crippen MR) is 116 cm³/mol. The summed E-state index contributed by atoms with van der Waals surface area (Å²) in [6.45, 7) is 0.517. The number of ether oxygens (including phenoxy) is 4. The van der Waals surface area contributed by atoms with Gasteiger partial charge in [-0.15, -0.1) is 0 Å². The number of benzene rings is 2. The number of carbonyl (C=O) groups is 1. The Labute approximate surface area is 187 Å². The summed E-state index contributed by atoms with van der Waals surface area (Å²) in [4.78, 5) is 13.5. The summed E-state index contributed by atoms with van der Waals surface area (Å²) in [5.74, 6) is 1.96. The van der Waals surface area contributed by atoms with Gasteiger partial charge in [0.25, 0.3) is 0 Å². The molecule has 2 aliphatic rings. The average molecular weight is 445 g/mol. The van der Waals surface area contributed by atoms with Gasteiger partial charge in [-0.2, -0.15) is 0 Å². The van der Waals surface area contributed by atoms with Crippen molar-refractivity contribution in [3.63, 3.8) is 0 Å². The molecular weight excluding hydrogens is 414 g/mol. The van der Waals surface area contributed by atoms with Crippen LogP contribution < -0.4 is 18.9 Å². The molecule has 0 bridgehead atoms. The van der Waals surface area contributed by atoms with E-state index in [0.717, 1.165) is 24.1 Å². The van der Waals surface area contributed by atoms with E-state index in [1.54, 1.807) is 12.1 Å². The summed E-state index contributed by atoms with van der Waals surface area (Å²) in [6.07, 6.45) is 1.05. The molecule has 2 aliphatic heterocycles. The van der Waals surface area contributed by atoms with Gasteiger partial charge in [-0.25, -0.2) is 0 Å². The molecule has 8 heteroatoms. The van der Waals surface area contributed by atoms with Crippen molar-refractivity contribution < 1.29 is 38.4 Å². The van der Waals surface area contributed by atoms with Crippen molar-refractivity contribution >= 4 is 5.78 Å².